The summed E-state index contributed by atoms with van der Waals surface area (Å²) < 4.78 is 0. The van der Waals surface area contributed by atoms with Crippen molar-refractivity contribution >= 4 is 17.5 Å². The minimum atomic E-state index is -0.200. The molecule has 1 fully saturated rings. The van der Waals surface area contributed by atoms with E-state index in [0.717, 1.165) is 17.7 Å². The van der Waals surface area contributed by atoms with Gasteiger partial charge in [-0.3, -0.25) is 9.78 Å². The fourth-order valence-corrected chi connectivity index (χ4v) is 2.75. The molecule has 1 aromatic carbocycles. The summed E-state index contributed by atoms with van der Waals surface area (Å²) in [5.41, 5.74) is 2.19. The predicted molar refractivity (Wildman–Crippen MR) is 90.0 cm³/mol. The molecule has 120 valence electrons. The first-order valence-electron chi connectivity index (χ1n) is 8.01. The Labute approximate surface area is 139 Å². The van der Waals surface area contributed by atoms with Crippen LogP contribution in [0.25, 0.3) is 0 Å². The molecule has 6 heteroatoms. The lowest BCUT2D eigenvalue weighted by molar-refractivity contribution is 0.0992. The molecule has 3 aromatic rings. The van der Waals surface area contributed by atoms with Gasteiger partial charge in [-0.2, -0.15) is 10.1 Å². The molecule has 0 aliphatic heterocycles. The summed E-state index contributed by atoms with van der Waals surface area (Å²) in [5.74, 6) is 0.861. The number of H-pyrrole nitrogens is 1. The number of amides is 1. The molecule has 24 heavy (non-hydrogen) atoms. The van der Waals surface area contributed by atoms with Gasteiger partial charge in [0.15, 0.2) is 0 Å². The number of nitrogens with zero attached hydrogens (tertiary/aromatic N) is 4. The number of para-hydroxylation sites is 1. The number of anilines is 2. The summed E-state index contributed by atoms with van der Waals surface area (Å²) in [6.07, 6.45) is 6.41. The third-order valence-corrected chi connectivity index (χ3v) is 4.13. The molecule has 6 nitrogen and oxygen atoms in total. The number of carbonyl (C=O) groups is 1. The van der Waals surface area contributed by atoms with Crippen molar-refractivity contribution in [3.05, 3.63) is 66.2 Å². The molecule has 1 amide bonds. The highest BCUT2D eigenvalue weighted by Crippen LogP contribution is 2.34. The third kappa shape index (κ3) is 2.90. The maximum atomic E-state index is 13.2. The first-order valence-corrected chi connectivity index (χ1v) is 8.01. The van der Waals surface area contributed by atoms with Gasteiger partial charge in [-0.15, -0.1) is 0 Å². The highest BCUT2D eigenvalue weighted by atomic mass is 16.2. The number of hydrogen-bond acceptors (Lipinski definition) is 4. The molecule has 0 unspecified atom stereocenters. The maximum absolute atomic E-state index is 13.2. The quantitative estimate of drug-likeness (QED) is 0.784. The number of rotatable bonds is 5. The monoisotopic (exact) mass is 319 g/mol. The van der Waals surface area contributed by atoms with Gasteiger partial charge in [0, 0.05) is 6.20 Å². The van der Waals surface area contributed by atoms with Crippen LogP contribution in [-0.4, -0.2) is 26.1 Å². The van der Waals surface area contributed by atoms with Gasteiger partial charge in [0.25, 0.3) is 5.91 Å². The van der Waals surface area contributed by atoms with Gasteiger partial charge < -0.3 is 0 Å². The van der Waals surface area contributed by atoms with E-state index in [1.165, 1.54) is 24.1 Å². The largest absolute Gasteiger partial charge is 0.284 e. The van der Waals surface area contributed by atoms with E-state index in [2.05, 4.69) is 20.2 Å². The molecular formula is C18H17N5O. The number of aromatic amines is 1. The Balaban J connectivity index is 1.75. The number of benzene rings is 1. The van der Waals surface area contributed by atoms with Crippen LogP contribution in [0.5, 0.6) is 0 Å². The molecule has 0 radical (unpaired) electrons. The smallest absolute Gasteiger partial charge is 0.266 e. The summed E-state index contributed by atoms with van der Waals surface area (Å²) >= 11 is 0. The zero-order valence-corrected chi connectivity index (χ0v) is 13.1. The van der Waals surface area contributed by atoms with Crippen LogP contribution < -0.4 is 4.90 Å². The van der Waals surface area contributed by atoms with E-state index in [0.29, 0.717) is 17.6 Å². The van der Waals surface area contributed by atoms with E-state index in [9.17, 15) is 4.79 Å². The maximum Gasteiger partial charge on any atom is 0.284 e. The van der Waals surface area contributed by atoms with Gasteiger partial charge in [0.1, 0.15) is 12.0 Å². The molecule has 1 saturated carbocycles. The first-order chi connectivity index (χ1) is 11.8. The fraction of sp³-hybridized carbons (Fsp3) is 0.222. The highest BCUT2D eigenvalue weighted by Gasteiger charge is 2.28. The Morgan fingerprint density at radius 1 is 1.12 bits per heavy atom. The van der Waals surface area contributed by atoms with Crippen LogP contribution in [0.15, 0.2) is 55.0 Å². The van der Waals surface area contributed by atoms with E-state index in [4.69, 9.17) is 0 Å². The van der Waals surface area contributed by atoms with E-state index >= 15 is 0 Å². The zero-order chi connectivity index (χ0) is 16.4. The van der Waals surface area contributed by atoms with Crippen molar-refractivity contribution in [2.75, 3.05) is 4.90 Å². The van der Waals surface area contributed by atoms with Crippen LogP contribution >= 0.6 is 0 Å². The lowest BCUT2D eigenvalue weighted by Gasteiger charge is -2.20. The summed E-state index contributed by atoms with van der Waals surface area (Å²) in [6, 6.07) is 13.3. The van der Waals surface area contributed by atoms with Crippen molar-refractivity contribution in [2.45, 2.75) is 19.3 Å². The first kappa shape index (κ1) is 14.6. The van der Waals surface area contributed by atoms with E-state index in [-0.39, 0.29) is 5.91 Å². The van der Waals surface area contributed by atoms with Crippen LogP contribution in [0.4, 0.5) is 11.6 Å². The normalized spacial score (nSPS) is 13.7. The molecule has 0 spiro atoms. The number of hydrogen-bond donors (Lipinski definition) is 1. The standard InChI is InChI=1S/C18H17N5O/c24-17(16-14(5-4-10-19-16)11-13-8-9-13)23(18-20-12-21-22-18)15-6-2-1-3-7-15/h1-7,10,12-13H,8-9,11H2,(H,20,21,22). The highest BCUT2D eigenvalue weighted by molar-refractivity contribution is 6.09. The predicted octanol–water partition coefficient (Wildman–Crippen LogP) is 3.13. The summed E-state index contributed by atoms with van der Waals surface area (Å²) in [4.78, 5) is 23.3. The second-order valence-electron chi connectivity index (χ2n) is 5.94. The molecule has 1 N–H and O–H groups in total. The van der Waals surface area contributed by atoms with Gasteiger partial charge in [0.2, 0.25) is 5.95 Å². The summed E-state index contributed by atoms with van der Waals surface area (Å²) in [6.45, 7) is 0. The third-order valence-electron chi connectivity index (χ3n) is 4.13. The van der Waals surface area contributed by atoms with Crippen LogP contribution in [0, 0.1) is 5.92 Å². The molecule has 0 atom stereocenters. The molecule has 0 bridgehead atoms. The van der Waals surface area contributed by atoms with Gasteiger partial charge in [0.05, 0.1) is 5.69 Å². The van der Waals surface area contributed by atoms with Gasteiger partial charge in [-0.05, 0) is 48.9 Å². The molecular weight excluding hydrogens is 302 g/mol. The minimum Gasteiger partial charge on any atom is -0.266 e. The number of nitrogens with one attached hydrogen (secondary N) is 1. The minimum absolute atomic E-state index is 0.200. The van der Waals surface area contributed by atoms with Crippen molar-refractivity contribution in [1.29, 1.82) is 0 Å². The zero-order valence-electron chi connectivity index (χ0n) is 13.1. The van der Waals surface area contributed by atoms with Crippen molar-refractivity contribution in [2.24, 2.45) is 5.92 Å². The Morgan fingerprint density at radius 3 is 2.67 bits per heavy atom. The van der Waals surface area contributed by atoms with Crippen molar-refractivity contribution in [3.63, 3.8) is 0 Å². The van der Waals surface area contributed by atoms with Crippen LogP contribution in [0.3, 0.4) is 0 Å². The van der Waals surface area contributed by atoms with E-state index in [1.54, 1.807) is 6.20 Å². The van der Waals surface area contributed by atoms with Crippen molar-refractivity contribution < 1.29 is 4.79 Å². The van der Waals surface area contributed by atoms with Gasteiger partial charge >= 0.3 is 0 Å². The van der Waals surface area contributed by atoms with Crippen LogP contribution in [0.2, 0.25) is 0 Å². The van der Waals surface area contributed by atoms with Crippen LogP contribution in [-0.2, 0) is 6.42 Å². The molecule has 4 rings (SSSR count). The second kappa shape index (κ2) is 6.23. The lowest BCUT2D eigenvalue weighted by atomic mass is 10.1. The SMILES string of the molecule is O=C(c1ncccc1CC1CC1)N(c1ccccc1)c1ncn[nH]1. The molecule has 2 heterocycles. The Bertz CT molecular complexity index is 828. The van der Waals surface area contributed by atoms with Gasteiger partial charge in [-0.25, -0.2) is 10.00 Å². The van der Waals surface area contributed by atoms with E-state index in [1.807, 2.05) is 42.5 Å². The van der Waals surface area contributed by atoms with Crippen LogP contribution in [0.1, 0.15) is 28.9 Å². The average molecular weight is 319 g/mol. The number of aromatic nitrogens is 4. The second-order valence-corrected chi connectivity index (χ2v) is 5.94. The Morgan fingerprint density at radius 2 is 1.96 bits per heavy atom. The average Bonchev–Trinajstić information content (AvgIpc) is 3.28. The van der Waals surface area contributed by atoms with Crippen molar-refractivity contribution in [1.82, 2.24) is 20.2 Å². The lowest BCUT2D eigenvalue weighted by Crippen LogP contribution is -2.29. The number of pyridine rings is 1. The molecule has 1 aliphatic carbocycles. The van der Waals surface area contributed by atoms with E-state index < -0.39 is 0 Å². The van der Waals surface area contributed by atoms with Crippen molar-refractivity contribution in [3.8, 4) is 0 Å². The topological polar surface area (TPSA) is 74.8 Å². The Kier molecular flexibility index (Phi) is 3.78. The molecule has 1 aliphatic rings. The van der Waals surface area contributed by atoms with Gasteiger partial charge in [-0.1, -0.05) is 24.3 Å². The summed E-state index contributed by atoms with van der Waals surface area (Å²) in [5, 5.41) is 6.65. The molecule has 2 aromatic heterocycles. The summed E-state index contributed by atoms with van der Waals surface area (Å²) in [7, 11) is 0. The molecule has 0 saturated heterocycles. The number of carbonyl (C=O) groups excluding carboxylic acids is 1. The fourth-order valence-electron chi connectivity index (χ4n) is 2.75. The Hall–Kier alpha value is -3.02.